The summed E-state index contributed by atoms with van der Waals surface area (Å²) in [7, 11) is 0. The lowest BCUT2D eigenvalue weighted by molar-refractivity contribution is -0.136. The van der Waals surface area contributed by atoms with E-state index in [9.17, 15) is 14.4 Å². The van der Waals surface area contributed by atoms with Crippen LogP contribution in [0.1, 0.15) is 45.4 Å². The predicted molar refractivity (Wildman–Crippen MR) is 82.6 cm³/mol. The molecule has 1 saturated carbocycles. The van der Waals surface area contributed by atoms with Gasteiger partial charge in [0.25, 0.3) is 5.91 Å². The van der Waals surface area contributed by atoms with Crippen LogP contribution in [0.2, 0.25) is 0 Å². The minimum absolute atomic E-state index is 0.0493. The molecule has 23 heavy (non-hydrogen) atoms. The summed E-state index contributed by atoms with van der Waals surface area (Å²) in [4.78, 5) is 37.8. The van der Waals surface area contributed by atoms with Crippen LogP contribution in [-0.2, 0) is 14.3 Å². The highest BCUT2D eigenvalue weighted by molar-refractivity contribution is 6.09. The number of ether oxygens (including phenoxy) is 1. The Morgan fingerprint density at radius 3 is 2.74 bits per heavy atom. The number of imide groups is 1. The third-order valence-electron chi connectivity index (χ3n) is 5.23. The summed E-state index contributed by atoms with van der Waals surface area (Å²) in [6, 6.07) is -0.447. The van der Waals surface area contributed by atoms with Crippen LogP contribution in [0.4, 0.5) is 4.79 Å². The molecule has 1 spiro atoms. The van der Waals surface area contributed by atoms with Gasteiger partial charge in [-0.25, -0.2) is 4.79 Å². The quantitative estimate of drug-likeness (QED) is 0.749. The number of hydrogen-bond acceptors (Lipinski definition) is 4. The molecule has 3 aliphatic rings. The molecule has 7 nitrogen and oxygen atoms in total. The van der Waals surface area contributed by atoms with Crippen molar-refractivity contribution in [1.29, 1.82) is 0 Å². The number of hydrogen-bond donors (Lipinski definition) is 2. The molecule has 3 rings (SSSR count). The molecule has 2 saturated heterocycles. The number of carbonyl (C=O) groups excluding carboxylic acids is 3. The second-order valence-corrected chi connectivity index (χ2v) is 7.03. The third-order valence-corrected chi connectivity index (χ3v) is 5.23. The zero-order valence-electron chi connectivity index (χ0n) is 13.6. The molecule has 0 aromatic carbocycles. The zero-order chi connectivity index (χ0) is 16.4. The van der Waals surface area contributed by atoms with Gasteiger partial charge >= 0.3 is 6.03 Å². The summed E-state index contributed by atoms with van der Waals surface area (Å²) in [6.07, 6.45) is 5.16. The molecule has 0 unspecified atom stereocenters. The first kappa shape index (κ1) is 16.2. The molecule has 2 aliphatic heterocycles. The number of nitrogens with one attached hydrogen (secondary N) is 2. The monoisotopic (exact) mass is 323 g/mol. The molecule has 1 atom stereocenters. The fourth-order valence-electron chi connectivity index (χ4n) is 3.65. The van der Waals surface area contributed by atoms with Crippen LogP contribution in [0, 0.1) is 5.92 Å². The Labute approximate surface area is 136 Å². The number of rotatable bonds is 4. The normalized spacial score (nSPS) is 34.0. The van der Waals surface area contributed by atoms with Crippen LogP contribution >= 0.6 is 0 Å². The smallest absolute Gasteiger partial charge is 0.325 e. The van der Waals surface area contributed by atoms with Crippen molar-refractivity contribution in [3.8, 4) is 0 Å². The fraction of sp³-hybridized carbons (Fsp3) is 0.812. The van der Waals surface area contributed by atoms with E-state index in [4.69, 9.17) is 4.74 Å². The molecular formula is C16H25N3O4. The van der Waals surface area contributed by atoms with E-state index in [0.29, 0.717) is 25.3 Å². The van der Waals surface area contributed by atoms with Crippen LogP contribution in [0.15, 0.2) is 0 Å². The summed E-state index contributed by atoms with van der Waals surface area (Å²) in [5.41, 5.74) is -0.779. The van der Waals surface area contributed by atoms with Gasteiger partial charge in [0, 0.05) is 13.2 Å². The highest BCUT2D eigenvalue weighted by atomic mass is 16.5. The molecule has 7 heteroatoms. The molecular weight excluding hydrogens is 298 g/mol. The van der Waals surface area contributed by atoms with Crippen molar-refractivity contribution >= 4 is 17.8 Å². The van der Waals surface area contributed by atoms with Gasteiger partial charge in [-0.1, -0.05) is 6.92 Å². The van der Waals surface area contributed by atoms with E-state index >= 15 is 0 Å². The Morgan fingerprint density at radius 2 is 2.09 bits per heavy atom. The molecule has 0 bridgehead atoms. The first-order valence-electron chi connectivity index (χ1n) is 8.52. The van der Waals surface area contributed by atoms with Crippen molar-refractivity contribution in [3.05, 3.63) is 0 Å². The molecule has 2 N–H and O–H groups in total. The summed E-state index contributed by atoms with van der Waals surface area (Å²) < 4.78 is 5.44. The number of urea groups is 1. The van der Waals surface area contributed by atoms with E-state index in [1.807, 2.05) is 0 Å². The molecule has 0 aromatic rings. The highest BCUT2D eigenvalue weighted by Gasteiger charge is 2.52. The molecule has 0 aromatic heterocycles. The number of nitrogens with zero attached hydrogens (tertiary/aromatic N) is 1. The van der Waals surface area contributed by atoms with Crippen molar-refractivity contribution in [2.45, 2.75) is 57.1 Å². The topological polar surface area (TPSA) is 87.7 Å². The summed E-state index contributed by atoms with van der Waals surface area (Å²) in [5.74, 6) is 0.0148. The van der Waals surface area contributed by atoms with Gasteiger partial charge < -0.3 is 15.4 Å². The van der Waals surface area contributed by atoms with Gasteiger partial charge in [0.2, 0.25) is 5.91 Å². The summed E-state index contributed by atoms with van der Waals surface area (Å²) in [5, 5.41) is 5.58. The number of carbonyl (C=O) groups is 3. The fourth-order valence-corrected chi connectivity index (χ4v) is 3.65. The Kier molecular flexibility index (Phi) is 4.57. The van der Waals surface area contributed by atoms with E-state index in [-0.39, 0.29) is 24.5 Å². The average molecular weight is 323 g/mol. The van der Waals surface area contributed by atoms with Crippen molar-refractivity contribution in [1.82, 2.24) is 15.5 Å². The van der Waals surface area contributed by atoms with Crippen molar-refractivity contribution in [2.24, 2.45) is 5.92 Å². The van der Waals surface area contributed by atoms with E-state index < -0.39 is 11.6 Å². The maximum absolute atomic E-state index is 12.6. The Bertz CT molecular complexity index is 494. The Morgan fingerprint density at radius 1 is 1.35 bits per heavy atom. The van der Waals surface area contributed by atoms with Gasteiger partial charge in [-0.05, 0) is 44.4 Å². The summed E-state index contributed by atoms with van der Waals surface area (Å²) >= 11 is 0. The van der Waals surface area contributed by atoms with Crippen molar-refractivity contribution in [3.63, 3.8) is 0 Å². The minimum Gasteiger partial charge on any atom is -0.376 e. The molecule has 128 valence electrons. The SMILES string of the molecule is CC1CCC2(CC1)NC(=O)N(CC(=O)NC[C@@H]1CCCO1)C2=O. The highest BCUT2D eigenvalue weighted by Crippen LogP contribution is 2.36. The average Bonchev–Trinajstić information content (AvgIpc) is 3.12. The first-order valence-corrected chi connectivity index (χ1v) is 8.52. The minimum atomic E-state index is -0.779. The largest absolute Gasteiger partial charge is 0.376 e. The lowest BCUT2D eigenvalue weighted by Crippen LogP contribution is -2.50. The van der Waals surface area contributed by atoms with Gasteiger partial charge in [-0.3, -0.25) is 14.5 Å². The van der Waals surface area contributed by atoms with Crippen molar-refractivity contribution < 1.29 is 19.1 Å². The molecule has 3 fully saturated rings. The lowest BCUT2D eigenvalue weighted by atomic mass is 9.77. The van der Waals surface area contributed by atoms with E-state index in [0.717, 1.165) is 37.2 Å². The van der Waals surface area contributed by atoms with Gasteiger partial charge in [0.1, 0.15) is 12.1 Å². The lowest BCUT2D eigenvalue weighted by Gasteiger charge is -2.33. The van der Waals surface area contributed by atoms with E-state index in [1.165, 1.54) is 0 Å². The first-order chi connectivity index (χ1) is 11.0. The molecule has 2 heterocycles. The third kappa shape index (κ3) is 3.34. The number of amides is 4. The predicted octanol–water partition coefficient (Wildman–Crippen LogP) is 0.782. The van der Waals surface area contributed by atoms with Crippen LogP contribution in [0.5, 0.6) is 0 Å². The Hall–Kier alpha value is -1.63. The molecule has 0 radical (unpaired) electrons. The van der Waals surface area contributed by atoms with Crippen LogP contribution in [0.3, 0.4) is 0 Å². The van der Waals surface area contributed by atoms with Gasteiger partial charge in [0.15, 0.2) is 0 Å². The van der Waals surface area contributed by atoms with Crippen LogP contribution in [0.25, 0.3) is 0 Å². The molecule has 4 amide bonds. The van der Waals surface area contributed by atoms with Gasteiger partial charge in [-0.15, -0.1) is 0 Å². The van der Waals surface area contributed by atoms with Gasteiger partial charge in [0.05, 0.1) is 6.10 Å². The summed E-state index contributed by atoms with van der Waals surface area (Å²) in [6.45, 7) is 3.11. The second-order valence-electron chi connectivity index (χ2n) is 7.03. The second kappa shape index (κ2) is 6.47. The maximum atomic E-state index is 12.6. The van der Waals surface area contributed by atoms with Crippen molar-refractivity contribution in [2.75, 3.05) is 19.7 Å². The maximum Gasteiger partial charge on any atom is 0.325 e. The van der Waals surface area contributed by atoms with Gasteiger partial charge in [-0.2, -0.15) is 0 Å². The van der Waals surface area contributed by atoms with Crippen LogP contribution in [-0.4, -0.2) is 54.1 Å². The molecule has 1 aliphatic carbocycles. The van der Waals surface area contributed by atoms with E-state index in [2.05, 4.69) is 17.6 Å². The van der Waals surface area contributed by atoms with Crippen LogP contribution < -0.4 is 10.6 Å². The van der Waals surface area contributed by atoms with E-state index in [1.54, 1.807) is 0 Å². The Balaban J connectivity index is 1.54. The zero-order valence-corrected chi connectivity index (χ0v) is 13.6. The standard InChI is InChI=1S/C16H25N3O4/c1-11-4-6-16(7-5-11)14(21)19(15(22)18-16)10-13(20)17-9-12-3-2-8-23-12/h11-12H,2-10H2,1H3,(H,17,20)(H,18,22)/t11?,12-,16?/m0/s1.